The van der Waals surface area contributed by atoms with Crippen molar-refractivity contribution in [2.45, 2.75) is 18.9 Å². The van der Waals surface area contributed by atoms with Gasteiger partial charge in [-0.15, -0.1) is 0 Å². The highest BCUT2D eigenvalue weighted by Gasteiger charge is 2.29. The maximum Gasteiger partial charge on any atom is 0.0881 e. The number of ether oxygens (including phenoxy) is 1. The maximum atomic E-state index is 6.18. The van der Waals surface area contributed by atoms with Crippen LogP contribution in [-0.4, -0.2) is 43.8 Å². The van der Waals surface area contributed by atoms with Crippen LogP contribution in [0.3, 0.4) is 0 Å². The number of fused-ring (bicyclic) bond motifs is 2. The second kappa shape index (κ2) is 6.90. The number of para-hydroxylation sites is 2. The van der Waals surface area contributed by atoms with Crippen molar-refractivity contribution in [1.29, 1.82) is 0 Å². The van der Waals surface area contributed by atoms with Gasteiger partial charge in [0.25, 0.3) is 0 Å². The highest BCUT2D eigenvalue weighted by atomic mass is 16.5. The molecule has 3 heteroatoms. The van der Waals surface area contributed by atoms with Gasteiger partial charge in [-0.3, -0.25) is 4.90 Å². The molecule has 2 fully saturated rings. The lowest BCUT2D eigenvalue weighted by atomic mass is 10.1. The quantitative estimate of drug-likeness (QED) is 0.815. The normalized spacial score (nSPS) is 22.6. The van der Waals surface area contributed by atoms with E-state index in [0.717, 1.165) is 32.2 Å². The fraction of sp³-hybridized carbons (Fsp3) is 0.391. The molecule has 0 spiro atoms. The molecule has 0 aromatic heterocycles. The van der Waals surface area contributed by atoms with Crippen molar-refractivity contribution in [3.05, 3.63) is 59.7 Å². The molecule has 0 bridgehead atoms. The summed E-state index contributed by atoms with van der Waals surface area (Å²) in [5.41, 5.74) is 5.09. The van der Waals surface area contributed by atoms with Crippen molar-refractivity contribution in [2.24, 2.45) is 5.92 Å². The van der Waals surface area contributed by atoms with Gasteiger partial charge in [0.15, 0.2) is 0 Å². The molecule has 134 valence electrons. The van der Waals surface area contributed by atoms with E-state index in [1.54, 1.807) is 0 Å². The fourth-order valence-electron chi connectivity index (χ4n) is 4.18. The van der Waals surface area contributed by atoms with E-state index in [1.165, 1.54) is 41.9 Å². The summed E-state index contributed by atoms with van der Waals surface area (Å²) in [6.07, 6.45) is 7.55. The van der Waals surface area contributed by atoms with E-state index in [-0.39, 0.29) is 6.10 Å². The van der Waals surface area contributed by atoms with E-state index in [9.17, 15) is 0 Å². The number of nitrogens with zero attached hydrogens (tertiary/aromatic N) is 2. The summed E-state index contributed by atoms with van der Waals surface area (Å²) in [5, 5.41) is 0. The number of hydrogen-bond donors (Lipinski definition) is 0. The van der Waals surface area contributed by atoms with E-state index >= 15 is 0 Å². The van der Waals surface area contributed by atoms with Gasteiger partial charge in [0, 0.05) is 31.0 Å². The van der Waals surface area contributed by atoms with Gasteiger partial charge >= 0.3 is 0 Å². The third kappa shape index (κ3) is 3.29. The minimum Gasteiger partial charge on any atom is -0.374 e. The van der Waals surface area contributed by atoms with Crippen LogP contribution in [0.2, 0.25) is 0 Å². The molecule has 1 saturated heterocycles. The molecule has 3 nitrogen and oxygen atoms in total. The van der Waals surface area contributed by atoms with Gasteiger partial charge in [0.05, 0.1) is 19.3 Å². The third-order valence-corrected chi connectivity index (χ3v) is 5.72. The molecule has 1 aliphatic carbocycles. The van der Waals surface area contributed by atoms with E-state index in [1.807, 2.05) is 0 Å². The molecular weight excluding hydrogens is 320 g/mol. The molecule has 1 saturated carbocycles. The minimum atomic E-state index is 0.252. The van der Waals surface area contributed by atoms with Crippen LogP contribution in [0.15, 0.2) is 48.5 Å². The summed E-state index contributed by atoms with van der Waals surface area (Å²) in [5.74, 6) is 0.942. The second-order valence-electron chi connectivity index (χ2n) is 7.76. The van der Waals surface area contributed by atoms with Crippen molar-refractivity contribution < 1.29 is 4.74 Å². The predicted molar refractivity (Wildman–Crippen MR) is 108 cm³/mol. The third-order valence-electron chi connectivity index (χ3n) is 5.72. The molecule has 1 unspecified atom stereocenters. The summed E-state index contributed by atoms with van der Waals surface area (Å²) in [4.78, 5) is 5.07. The van der Waals surface area contributed by atoms with Crippen molar-refractivity contribution >= 4 is 23.5 Å². The number of benzene rings is 2. The summed E-state index contributed by atoms with van der Waals surface area (Å²) < 4.78 is 6.18. The average molecular weight is 346 g/mol. The first-order valence-electron chi connectivity index (χ1n) is 9.84. The van der Waals surface area contributed by atoms with E-state index in [4.69, 9.17) is 4.74 Å². The van der Waals surface area contributed by atoms with Crippen LogP contribution >= 0.6 is 0 Å². The molecular formula is C23H26N2O. The Bertz CT molecular complexity index is 762. The Kier molecular flexibility index (Phi) is 4.27. The SMILES string of the molecule is C1=Cc2ccccc2N(CC2CN(CC3CC3)CCO2)c2ccccc21. The Balaban J connectivity index is 1.43. The van der Waals surface area contributed by atoms with Gasteiger partial charge in [-0.25, -0.2) is 0 Å². The Morgan fingerprint density at radius 1 is 0.846 bits per heavy atom. The predicted octanol–water partition coefficient (Wildman–Crippen LogP) is 4.42. The summed E-state index contributed by atoms with van der Waals surface area (Å²) >= 11 is 0. The van der Waals surface area contributed by atoms with E-state index in [2.05, 4.69) is 70.5 Å². The van der Waals surface area contributed by atoms with Gasteiger partial charge < -0.3 is 9.64 Å². The van der Waals surface area contributed by atoms with Gasteiger partial charge in [-0.2, -0.15) is 0 Å². The smallest absolute Gasteiger partial charge is 0.0881 e. The van der Waals surface area contributed by atoms with Gasteiger partial charge in [0.2, 0.25) is 0 Å². The highest BCUT2D eigenvalue weighted by molar-refractivity contribution is 5.88. The number of rotatable bonds is 4. The maximum absolute atomic E-state index is 6.18. The molecule has 2 aromatic carbocycles. The zero-order chi connectivity index (χ0) is 17.3. The van der Waals surface area contributed by atoms with E-state index < -0.39 is 0 Å². The molecule has 0 amide bonds. The summed E-state index contributed by atoms with van der Waals surface area (Å²) in [7, 11) is 0. The van der Waals surface area contributed by atoms with Gasteiger partial charge in [-0.05, 0) is 42.0 Å². The standard InChI is InChI=1S/C23H26N2O/c1-3-7-22-19(5-1)11-12-20-6-2-4-8-23(20)25(22)17-21-16-24(13-14-26-21)15-18-9-10-18/h1-8,11-12,18,21H,9-10,13-17H2. The van der Waals surface area contributed by atoms with Crippen LogP contribution in [0.5, 0.6) is 0 Å². The Morgan fingerprint density at radius 3 is 2.15 bits per heavy atom. The van der Waals surface area contributed by atoms with Crippen molar-refractivity contribution in [3.8, 4) is 0 Å². The molecule has 0 radical (unpaired) electrons. The minimum absolute atomic E-state index is 0.252. The van der Waals surface area contributed by atoms with Gasteiger partial charge in [0.1, 0.15) is 0 Å². The van der Waals surface area contributed by atoms with Crippen LogP contribution in [0.25, 0.3) is 12.2 Å². The molecule has 3 aliphatic rings. The van der Waals surface area contributed by atoms with Crippen molar-refractivity contribution in [1.82, 2.24) is 4.90 Å². The van der Waals surface area contributed by atoms with Crippen LogP contribution in [0.1, 0.15) is 24.0 Å². The molecule has 2 aromatic rings. The Hall–Kier alpha value is -2.10. The van der Waals surface area contributed by atoms with Gasteiger partial charge in [-0.1, -0.05) is 48.6 Å². The lowest BCUT2D eigenvalue weighted by molar-refractivity contribution is -0.0243. The number of hydrogen-bond acceptors (Lipinski definition) is 3. The van der Waals surface area contributed by atoms with Crippen molar-refractivity contribution in [3.63, 3.8) is 0 Å². The zero-order valence-electron chi connectivity index (χ0n) is 15.2. The Morgan fingerprint density at radius 2 is 1.50 bits per heavy atom. The topological polar surface area (TPSA) is 15.7 Å². The summed E-state index contributed by atoms with van der Waals surface area (Å²) in [6, 6.07) is 17.4. The molecule has 1 atom stereocenters. The largest absolute Gasteiger partial charge is 0.374 e. The number of anilines is 2. The van der Waals surface area contributed by atoms with Crippen LogP contribution in [-0.2, 0) is 4.74 Å². The second-order valence-corrected chi connectivity index (χ2v) is 7.76. The molecule has 5 rings (SSSR count). The lowest BCUT2D eigenvalue weighted by Gasteiger charge is -2.37. The Labute approximate surface area is 155 Å². The first-order chi connectivity index (χ1) is 12.9. The van der Waals surface area contributed by atoms with E-state index in [0.29, 0.717) is 0 Å². The van der Waals surface area contributed by atoms with Crippen LogP contribution in [0.4, 0.5) is 11.4 Å². The molecule has 26 heavy (non-hydrogen) atoms. The molecule has 0 N–H and O–H groups in total. The first kappa shape index (κ1) is 16.1. The zero-order valence-corrected chi connectivity index (χ0v) is 15.2. The lowest BCUT2D eigenvalue weighted by Crippen LogP contribution is -2.47. The summed E-state index contributed by atoms with van der Waals surface area (Å²) in [6.45, 7) is 5.14. The molecule has 2 aliphatic heterocycles. The monoisotopic (exact) mass is 346 g/mol. The van der Waals surface area contributed by atoms with Crippen LogP contribution < -0.4 is 4.90 Å². The average Bonchev–Trinajstić information content (AvgIpc) is 3.50. The molecule has 2 heterocycles. The fourth-order valence-corrected chi connectivity index (χ4v) is 4.18. The van der Waals surface area contributed by atoms with Crippen LogP contribution in [0, 0.1) is 5.92 Å². The highest BCUT2D eigenvalue weighted by Crippen LogP contribution is 2.36. The van der Waals surface area contributed by atoms with Crippen molar-refractivity contribution in [2.75, 3.05) is 37.7 Å². The first-order valence-corrected chi connectivity index (χ1v) is 9.84. The number of morpholine rings is 1.